The van der Waals surface area contributed by atoms with Crippen LogP contribution in [-0.4, -0.2) is 73.3 Å². The number of halogens is 1. The smallest absolute Gasteiger partial charge is 0.341 e. The molecule has 0 bridgehead atoms. The van der Waals surface area contributed by atoms with Gasteiger partial charge >= 0.3 is 5.97 Å². The van der Waals surface area contributed by atoms with Gasteiger partial charge in [-0.25, -0.2) is 17.6 Å². The number of hydrogen-bond acceptors (Lipinski definition) is 5. The van der Waals surface area contributed by atoms with E-state index in [-0.39, 0.29) is 39.9 Å². The van der Waals surface area contributed by atoms with Crippen molar-refractivity contribution in [2.45, 2.75) is 154 Å². The summed E-state index contributed by atoms with van der Waals surface area (Å²) in [7, 11) is -2.96. The van der Waals surface area contributed by atoms with E-state index in [9.17, 15) is 18.3 Å². The molecule has 0 aromatic rings. The normalized spacial score (nSPS) is 41.9. The van der Waals surface area contributed by atoms with Gasteiger partial charge in [-0.1, -0.05) is 65.3 Å². The Labute approximate surface area is 315 Å². The average molecular weight is 743 g/mol. The van der Waals surface area contributed by atoms with Crippen LogP contribution in [0.2, 0.25) is 0 Å². The number of carboxylic acids is 1. The monoisotopic (exact) mass is 743 g/mol. The number of hydrogen-bond donors (Lipinski definition) is 2. The molecule has 1 aliphatic heterocycles. The molecule has 2 N–H and O–H groups in total. The van der Waals surface area contributed by atoms with Gasteiger partial charge in [0.1, 0.15) is 9.84 Å². The minimum absolute atomic E-state index is 0.0298. The van der Waals surface area contributed by atoms with E-state index in [1.54, 1.807) is 0 Å². The van der Waals surface area contributed by atoms with Crippen molar-refractivity contribution >= 4 is 15.8 Å². The second kappa shape index (κ2) is 14.5. The maximum absolute atomic E-state index is 15.0. The number of allylic oxidation sites excluding steroid dienone is 5. The summed E-state index contributed by atoms with van der Waals surface area (Å²) >= 11 is 0. The van der Waals surface area contributed by atoms with E-state index in [4.69, 9.17) is 0 Å². The molecule has 52 heavy (non-hydrogen) atoms. The van der Waals surface area contributed by atoms with Crippen molar-refractivity contribution in [3.63, 3.8) is 0 Å². The Hall–Kier alpha value is -1.51. The largest absolute Gasteiger partial charge is 0.479 e. The van der Waals surface area contributed by atoms with Crippen LogP contribution in [0.15, 0.2) is 35.5 Å². The first-order chi connectivity index (χ1) is 24.3. The SMILES string of the molecule is C=C(C)[C@@H]1CC[C@]2(NCCN3CCC(S(C)(=O)=O)CC3)CC[C@@H](C)[C@]3(C)CC[C@H]4C(C)(C)C(C5=CCC(F)(C(=O)O)CC5)=CC[C@]4(C)[C@H]3CCC[C@@H]12. The van der Waals surface area contributed by atoms with Crippen LogP contribution >= 0.6 is 0 Å². The number of alkyl halides is 1. The number of carboxylic acid groups (broad SMARTS) is 1. The summed E-state index contributed by atoms with van der Waals surface area (Å²) in [6.07, 6.45) is 19.9. The Morgan fingerprint density at radius 3 is 2.25 bits per heavy atom. The molecular formula is C44H71FN2O4S. The molecule has 294 valence electrons. The summed E-state index contributed by atoms with van der Waals surface area (Å²) in [5.41, 5.74) is 2.26. The van der Waals surface area contributed by atoms with E-state index < -0.39 is 21.5 Å². The molecule has 8 heteroatoms. The molecule has 1 unspecified atom stereocenters. The van der Waals surface area contributed by atoms with E-state index in [1.165, 1.54) is 80.8 Å². The van der Waals surface area contributed by atoms with E-state index in [0.717, 1.165) is 45.4 Å². The van der Waals surface area contributed by atoms with Crippen molar-refractivity contribution in [3.05, 3.63) is 35.5 Å². The first kappa shape index (κ1) is 40.2. The number of sulfone groups is 1. The number of nitrogens with one attached hydrogen (secondary N) is 1. The number of piperidine rings is 1. The molecule has 3 saturated carbocycles. The van der Waals surface area contributed by atoms with E-state index in [0.29, 0.717) is 36.0 Å². The van der Waals surface area contributed by atoms with Crippen LogP contribution in [0.4, 0.5) is 4.39 Å². The first-order valence-corrected chi connectivity index (χ1v) is 22.9. The fourth-order valence-corrected chi connectivity index (χ4v) is 14.6. The molecule has 0 amide bonds. The molecule has 6 aliphatic rings. The lowest BCUT2D eigenvalue weighted by Gasteiger charge is -2.64. The maximum Gasteiger partial charge on any atom is 0.341 e. The minimum Gasteiger partial charge on any atom is -0.479 e. The number of likely N-dealkylation sites (tertiary alicyclic amines) is 1. The molecule has 6 rings (SSSR count). The topological polar surface area (TPSA) is 86.7 Å². The van der Waals surface area contributed by atoms with E-state index >= 15 is 4.39 Å². The zero-order valence-corrected chi connectivity index (χ0v) is 34.5. The molecule has 0 spiro atoms. The molecule has 0 radical (unpaired) electrons. The number of fused-ring (bicyclic) bond motifs is 4. The highest BCUT2D eigenvalue weighted by atomic mass is 32.2. The van der Waals surface area contributed by atoms with Gasteiger partial charge in [-0.15, -0.1) is 0 Å². The molecule has 4 fully saturated rings. The highest BCUT2D eigenvalue weighted by Crippen LogP contribution is 2.68. The lowest BCUT2D eigenvalue weighted by atomic mass is 9.40. The Bertz CT molecular complexity index is 1550. The number of rotatable bonds is 8. The molecule has 0 aromatic heterocycles. The van der Waals surface area contributed by atoms with Crippen molar-refractivity contribution in [2.75, 3.05) is 32.4 Å². The zero-order chi connectivity index (χ0) is 37.9. The van der Waals surface area contributed by atoms with Gasteiger partial charge in [0.25, 0.3) is 0 Å². The summed E-state index contributed by atoms with van der Waals surface area (Å²) in [6, 6.07) is 0. The van der Waals surface area contributed by atoms with Crippen LogP contribution in [0.25, 0.3) is 0 Å². The Kier molecular flexibility index (Phi) is 11.2. The van der Waals surface area contributed by atoms with E-state index in [2.05, 4.69) is 64.4 Å². The second-order valence-electron chi connectivity index (χ2n) is 19.8. The van der Waals surface area contributed by atoms with Gasteiger partial charge in [0.05, 0.1) is 5.25 Å². The maximum atomic E-state index is 15.0. The van der Waals surface area contributed by atoms with Crippen LogP contribution in [0.3, 0.4) is 0 Å². The van der Waals surface area contributed by atoms with E-state index in [1.807, 2.05) is 6.08 Å². The van der Waals surface area contributed by atoms with Gasteiger partial charge in [0.15, 0.2) is 0 Å². The summed E-state index contributed by atoms with van der Waals surface area (Å²) in [6.45, 7) is 23.1. The van der Waals surface area contributed by atoms with Gasteiger partial charge < -0.3 is 15.3 Å². The van der Waals surface area contributed by atoms with Gasteiger partial charge in [-0.2, -0.15) is 0 Å². The quantitative estimate of drug-likeness (QED) is 0.241. The average Bonchev–Trinajstić information content (AvgIpc) is 3.43. The lowest BCUT2D eigenvalue weighted by Crippen LogP contribution is -2.57. The third kappa shape index (κ3) is 7.17. The van der Waals surface area contributed by atoms with Crippen molar-refractivity contribution in [3.8, 4) is 0 Å². The van der Waals surface area contributed by atoms with Crippen molar-refractivity contribution in [2.24, 2.45) is 45.8 Å². The van der Waals surface area contributed by atoms with Gasteiger partial charge in [-0.3, -0.25) is 0 Å². The third-order valence-corrected chi connectivity index (χ3v) is 18.5. The summed E-state index contributed by atoms with van der Waals surface area (Å²) < 4.78 is 39.3. The zero-order valence-electron chi connectivity index (χ0n) is 33.7. The molecular weight excluding hydrogens is 672 g/mol. The number of carbonyl (C=O) groups is 1. The standard InChI is InChI=1S/C44H71FN2O4S/c1-30(2)34-15-25-44(46-26-29-47-27-18-33(19-28-47)52(8,50)51)24-12-31(3)41(6)21-17-37-40(4,5)35(32-13-22-43(45,23-14-32)39(48)49)16-20-42(37,7)38(41)11-9-10-36(34)44/h13,16,31,33-34,36-38,46H,1,9-12,14-15,17-29H2,2-8H3,(H,48,49)/t31-,34+,36+,37+,38+,41+,42+,43?,44-/m1/s1. The molecule has 6 nitrogen and oxygen atoms in total. The van der Waals surface area contributed by atoms with Crippen molar-refractivity contribution < 1.29 is 22.7 Å². The van der Waals surface area contributed by atoms with Crippen LogP contribution < -0.4 is 5.32 Å². The van der Waals surface area contributed by atoms with Gasteiger partial charge in [-0.05, 0) is 160 Å². The molecule has 1 heterocycles. The molecule has 5 aliphatic carbocycles. The number of aliphatic carboxylic acids is 1. The molecule has 9 atom stereocenters. The van der Waals surface area contributed by atoms with Crippen molar-refractivity contribution in [1.29, 1.82) is 0 Å². The molecule has 0 aromatic carbocycles. The fourth-order valence-electron chi connectivity index (χ4n) is 13.5. The third-order valence-electron chi connectivity index (χ3n) is 16.8. The van der Waals surface area contributed by atoms with Crippen LogP contribution in [0.5, 0.6) is 0 Å². The Morgan fingerprint density at radius 2 is 1.63 bits per heavy atom. The summed E-state index contributed by atoms with van der Waals surface area (Å²) in [5.74, 6) is 1.58. The molecule has 1 saturated heterocycles. The minimum atomic E-state index is -2.96. The van der Waals surface area contributed by atoms with Gasteiger partial charge in [0, 0.05) is 31.3 Å². The van der Waals surface area contributed by atoms with Crippen LogP contribution in [0.1, 0.15) is 138 Å². The predicted molar refractivity (Wildman–Crippen MR) is 211 cm³/mol. The number of nitrogens with zero attached hydrogens (tertiary/aromatic N) is 1. The summed E-state index contributed by atoms with van der Waals surface area (Å²) in [5, 5.41) is 13.5. The highest BCUT2D eigenvalue weighted by molar-refractivity contribution is 7.91. The van der Waals surface area contributed by atoms with Crippen LogP contribution in [0, 0.1) is 45.8 Å². The van der Waals surface area contributed by atoms with Crippen LogP contribution in [-0.2, 0) is 14.6 Å². The first-order valence-electron chi connectivity index (χ1n) is 20.9. The predicted octanol–water partition coefficient (Wildman–Crippen LogP) is 9.32. The van der Waals surface area contributed by atoms with Gasteiger partial charge in [0.2, 0.25) is 5.67 Å². The fraction of sp³-hybridized carbons (Fsp3) is 0.841. The Balaban J connectivity index is 1.20. The lowest BCUT2D eigenvalue weighted by molar-refractivity contribution is -0.151. The van der Waals surface area contributed by atoms with Crippen molar-refractivity contribution in [1.82, 2.24) is 10.2 Å². The second-order valence-corrected chi connectivity index (χ2v) is 22.2. The summed E-state index contributed by atoms with van der Waals surface area (Å²) in [4.78, 5) is 14.1. The highest BCUT2D eigenvalue weighted by Gasteiger charge is 2.60. The Morgan fingerprint density at radius 1 is 0.942 bits per heavy atom.